The molecule has 0 aliphatic rings. The molecule has 1 aromatic heterocycles. The van der Waals surface area contributed by atoms with Crippen molar-refractivity contribution in [3.8, 4) is 0 Å². The third-order valence-corrected chi connectivity index (χ3v) is 1.67. The molecule has 0 bridgehead atoms. The van der Waals surface area contributed by atoms with Crippen molar-refractivity contribution in [2.24, 2.45) is 0 Å². The Morgan fingerprint density at radius 1 is 1.36 bits per heavy atom. The molecule has 0 spiro atoms. The van der Waals surface area contributed by atoms with Gasteiger partial charge in [-0.05, 0) is 6.42 Å². The zero-order chi connectivity index (χ0) is 8.43. The van der Waals surface area contributed by atoms with E-state index in [-0.39, 0.29) is 5.95 Å². The van der Waals surface area contributed by atoms with Crippen molar-refractivity contribution < 1.29 is 0 Å². The Balaban J connectivity index is 3.25. The van der Waals surface area contributed by atoms with Gasteiger partial charge in [0.2, 0.25) is 5.95 Å². The standard InChI is InChI=1S/C6H9ClN4/c1-2-3-4(7)10-6(9)11-5(3)8/h2H2,1H3,(H4,8,9,10,11). The van der Waals surface area contributed by atoms with Crippen LogP contribution in [0.1, 0.15) is 12.5 Å². The summed E-state index contributed by atoms with van der Waals surface area (Å²) in [4.78, 5) is 7.52. The van der Waals surface area contributed by atoms with Gasteiger partial charge in [0, 0.05) is 5.56 Å². The summed E-state index contributed by atoms with van der Waals surface area (Å²) in [5.41, 5.74) is 11.6. The van der Waals surface area contributed by atoms with Crippen molar-refractivity contribution in [2.75, 3.05) is 11.5 Å². The van der Waals surface area contributed by atoms with Crippen LogP contribution in [0.5, 0.6) is 0 Å². The SMILES string of the molecule is CCc1c(N)nc(N)nc1Cl. The van der Waals surface area contributed by atoms with Gasteiger partial charge in [0.1, 0.15) is 11.0 Å². The van der Waals surface area contributed by atoms with Crippen molar-refractivity contribution in [3.63, 3.8) is 0 Å². The maximum Gasteiger partial charge on any atom is 0.223 e. The molecule has 60 valence electrons. The Bertz CT molecular complexity index is 250. The van der Waals surface area contributed by atoms with Crippen LogP contribution >= 0.6 is 11.6 Å². The highest BCUT2D eigenvalue weighted by atomic mass is 35.5. The van der Waals surface area contributed by atoms with Gasteiger partial charge in [-0.25, -0.2) is 4.98 Å². The van der Waals surface area contributed by atoms with Gasteiger partial charge in [-0.3, -0.25) is 0 Å². The second kappa shape index (κ2) is 2.92. The molecule has 0 amide bonds. The van der Waals surface area contributed by atoms with Crippen LogP contribution < -0.4 is 11.5 Å². The van der Waals surface area contributed by atoms with Gasteiger partial charge in [0.25, 0.3) is 0 Å². The second-order valence-corrected chi connectivity index (χ2v) is 2.45. The van der Waals surface area contributed by atoms with Gasteiger partial charge in [-0.2, -0.15) is 4.98 Å². The Morgan fingerprint density at radius 3 is 2.45 bits per heavy atom. The van der Waals surface area contributed by atoms with Crippen LogP contribution in [0.4, 0.5) is 11.8 Å². The Labute approximate surface area is 69.6 Å². The van der Waals surface area contributed by atoms with E-state index in [9.17, 15) is 0 Å². The summed E-state index contributed by atoms with van der Waals surface area (Å²) in [6.45, 7) is 1.93. The van der Waals surface area contributed by atoms with Crippen LogP contribution in [0, 0.1) is 0 Å². The minimum absolute atomic E-state index is 0.115. The fourth-order valence-corrected chi connectivity index (χ4v) is 1.13. The Morgan fingerprint density at radius 2 is 2.00 bits per heavy atom. The van der Waals surface area contributed by atoms with Crippen LogP contribution in [0.15, 0.2) is 0 Å². The molecule has 1 aromatic rings. The topological polar surface area (TPSA) is 77.8 Å². The predicted octanol–water partition coefficient (Wildman–Crippen LogP) is 0.857. The lowest BCUT2D eigenvalue weighted by molar-refractivity contribution is 1.06. The van der Waals surface area contributed by atoms with E-state index >= 15 is 0 Å². The first-order valence-electron chi connectivity index (χ1n) is 3.22. The molecule has 0 aromatic carbocycles. The molecule has 0 fully saturated rings. The summed E-state index contributed by atoms with van der Waals surface area (Å²) in [6.07, 6.45) is 0.713. The fourth-order valence-electron chi connectivity index (χ4n) is 0.817. The molecule has 0 aliphatic carbocycles. The first-order valence-corrected chi connectivity index (χ1v) is 3.60. The monoisotopic (exact) mass is 172 g/mol. The summed E-state index contributed by atoms with van der Waals surface area (Å²) in [5, 5.41) is 0.345. The van der Waals surface area contributed by atoms with Crippen molar-refractivity contribution in [1.29, 1.82) is 0 Å². The van der Waals surface area contributed by atoms with Crippen LogP contribution in [0.3, 0.4) is 0 Å². The molecule has 0 saturated carbocycles. The average Bonchev–Trinajstić information content (AvgIpc) is 1.85. The van der Waals surface area contributed by atoms with Crippen molar-refractivity contribution in [1.82, 2.24) is 9.97 Å². The number of nitrogen functional groups attached to an aromatic ring is 2. The third-order valence-electron chi connectivity index (χ3n) is 1.36. The first-order chi connectivity index (χ1) is 5.15. The smallest absolute Gasteiger partial charge is 0.223 e. The molecule has 1 rings (SSSR count). The molecular weight excluding hydrogens is 164 g/mol. The van der Waals surface area contributed by atoms with Crippen LogP contribution in [0.25, 0.3) is 0 Å². The minimum Gasteiger partial charge on any atom is -0.383 e. The highest BCUT2D eigenvalue weighted by molar-refractivity contribution is 6.30. The predicted molar refractivity (Wildman–Crippen MR) is 45.2 cm³/mol. The van der Waals surface area contributed by atoms with E-state index in [1.165, 1.54) is 0 Å². The molecule has 0 radical (unpaired) electrons. The molecule has 0 saturated heterocycles. The molecular formula is C6H9ClN4. The summed E-state index contributed by atoms with van der Waals surface area (Å²) < 4.78 is 0. The number of aromatic nitrogens is 2. The minimum atomic E-state index is 0.115. The van der Waals surface area contributed by atoms with E-state index in [2.05, 4.69) is 9.97 Å². The molecule has 4 nitrogen and oxygen atoms in total. The molecule has 1 heterocycles. The van der Waals surface area contributed by atoms with E-state index < -0.39 is 0 Å². The molecule has 0 atom stereocenters. The van der Waals surface area contributed by atoms with E-state index in [1.54, 1.807) is 0 Å². The summed E-state index contributed by atoms with van der Waals surface area (Å²) in [7, 11) is 0. The van der Waals surface area contributed by atoms with Crippen molar-refractivity contribution >= 4 is 23.4 Å². The number of hydrogen-bond acceptors (Lipinski definition) is 4. The van der Waals surface area contributed by atoms with Crippen molar-refractivity contribution in [2.45, 2.75) is 13.3 Å². The lowest BCUT2D eigenvalue weighted by atomic mass is 10.2. The van der Waals surface area contributed by atoms with E-state index in [1.807, 2.05) is 6.92 Å². The van der Waals surface area contributed by atoms with Gasteiger partial charge >= 0.3 is 0 Å². The number of rotatable bonds is 1. The van der Waals surface area contributed by atoms with Gasteiger partial charge in [0.05, 0.1) is 0 Å². The largest absolute Gasteiger partial charge is 0.383 e. The molecule has 5 heteroatoms. The molecule has 4 N–H and O–H groups in total. The zero-order valence-corrected chi connectivity index (χ0v) is 6.89. The molecule has 0 unspecified atom stereocenters. The van der Waals surface area contributed by atoms with Crippen LogP contribution in [-0.2, 0) is 6.42 Å². The van der Waals surface area contributed by atoms with Gasteiger partial charge in [0.15, 0.2) is 0 Å². The van der Waals surface area contributed by atoms with Crippen LogP contribution in [-0.4, -0.2) is 9.97 Å². The maximum atomic E-state index is 5.72. The number of halogens is 1. The molecule has 0 aliphatic heterocycles. The first kappa shape index (κ1) is 8.07. The summed E-state index contributed by atoms with van der Waals surface area (Å²) >= 11 is 5.72. The quantitative estimate of drug-likeness (QED) is 0.616. The van der Waals surface area contributed by atoms with E-state index in [0.717, 1.165) is 5.56 Å². The number of nitrogens with zero attached hydrogens (tertiary/aromatic N) is 2. The normalized spacial score (nSPS) is 10.0. The van der Waals surface area contributed by atoms with Crippen LogP contribution in [0.2, 0.25) is 5.15 Å². The Hall–Kier alpha value is -1.03. The number of nitrogens with two attached hydrogens (primary N) is 2. The highest BCUT2D eigenvalue weighted by Gasteiger charge is 2.06. The highest BCUT2D eigenvalue weighted by Crippen LogP contribution is 2.19. The van der Waals surface area contributed by atoms with Gasteiger partial charge in [-0.1, -0.05) is 18.5 Å². The zero-order valence-electron chi connectivity index (χ0n) is 6.13. The average molecular weight is 173 g/mol. The van der Waals surface area contributed by atoms with E-state index in [0.29, 0.717) is 17.4 Å². The molecule has 11 heavy (non-hydrogen) atoms. The Kier molecular flexibility index (Phi) is 2.14. The fraction of sp³-hybridized carbons (Fsp3) is 0.333. The maximum absolute atomic E-state index is 5.72. The summed E-state index contributed by atoms with van der Waals surface area (Å²) in [6, 6.07) is 0. The van der Waals surface area contributed by atoms with Crippen molar-refractivity contribution in [3.05, 3.63) is 10.7 Å². The third kappa shape index (κ3) is 1.51. The summed E-state index contributed by atoms with van der Waals surface area (Å²) in [5.74, 6) is 0.481. The van der Waals surface area contributed by atoms with E-state index in [4.69, 9.17) is 23.1 Å². The number of anilines is 2. The lowest BCUT2D eigenvalue weighted by Gasteiger charge is -2.03. The van der Waals surface area contributed by atoms with Gasteiger partial charge < -0.3 is 11.5 Å². The lowest BCUT2D eigenvalue weighted by Crippen LogP contribution is -2.04. The number of hydrogen-bond donors (Lipinski definition) is 2. The second-order valence-electron chi connectivity index (χ2n) is 2.09. The van der Waals surface area contributed by atoms with Gasteiger partial charge in [-0.15, -0.1) is 0 Å².